The van der Waals surface area contributed by atoms with Gasteiger partial charge in [-0.25, -0.2) is 0 Å². The predicted molar refractivity (Wildman–Crippen MR) is 82.7 cm³/mol. The van der Waals surface area contributed by atoms with Crippen molar-refractivity contribution < 1.29 is 27.2 Å². The highest BCUT2D eigenvalue weighted by atomic mass is 35.5. The molecule has 0 radical (unpaired) electrons. The summed E-state index contributed by atoms with van der Waals surface area (Å²) in [5.74, 6) is -1.79. The number of rotatable bonds is 7. The second-order valence-corrected chi connectivity index (χ2v) is 5.51. The van der Waals surface area contributed by atoms with E-state index in [1.165, 1.54) is 12.1 Å². The van der Waals surface area contributed by atoms with E-state index < -0.39 is 12.1 Å². The molecule has 1 N–H and O–H groups in total. The van der Waals surface area contributed by atoms with Gasteiger partial charge in [0, 0.05) is 37.3 Å². The number of carbonyl (C=O) groups is 1. The predicted octanol–water partition coefficient (Wildman–Crippen LogP) is 3.45. The Bertz CT molecular complexity index is 734. The van der Waals surface area contributed by atoms with Crippen LogP contribution in [0.5, 0.6) is 0 Å². The zero-order valence-electron chi connectivity index (χ0n) is 13.2. The summed E-state index contributed by atoms with van der Waals surface area (Å²) in [5, 5.41) is 6.27. The van der Waals surface area contributed by atoms with E-state index in [-0.39, 0.29) is 28.9 Å². The van der Waals surface area contributed by atoms with Gasteiger partial charge in [-0.05, 0) is 18.1 Å². The fourth-order valence-electron chi connectivity index (χ4n) is 1.94. The summed E-state index contributed by atoms with van der Waals surface area (Å²) in [4.78, 5) is 14.9. The molecule has 0 saturated carbocycles. The Kier molecular flexibility index (Phi) is 6.38. The van der Waals surface area contributed by atoms with E-state index in [0.717, 1.165) is 0 Å². The molecule has 2 rings (SSSR count). The van der Waals surface area contributed by atoms with Crippen molar-refractivity contribution in [2.75, 3.05) is 13.7 Å². The highest BCUT2D eigenvalue weighted by molar-refractivity contribution is 6.31. The Hall–Kier alpha value is -2.13. The number of nitrogens with zero attached hydrogens (tertiary/aromatic N) is 2. The number of methoxy groups -OCH3 is 1. The van der Waals surface area contributed by atoms with Crippen molar-refractivity contribution in [3.05, 3.63) is 34.7 Å². The Morgan fingerprint density at radius 3 is 2.76 bits per heavy atom. The van der Waals surface area contributed by atoms with Gasteiger partial charge >= 0.3 is 12.1 Å². The van der Waals surface area contributed by atoms with E-state index in [2.05, 4.69) is 20.0 Å². The summed E-state index contributed by atoms with van der Waals surface area (Å²) in [6, 6.07) is 4.50. The van der Waals surface area contributed by atoms with E-state index in [4.69, 9.17) is 16.3 Å². The van der Waals surface area contributed by atoms with Gasteiger partial charge in [-0.3, -0.25) is 4.79 Å². The van der Waals surface area contributed by atoms with Crippen molar-refractivity contribution in [2.24, 2.45) is 0 Å². The number of ether oxygens (including phenoxy) is 1. The number of benzene rings is 1. The van der Waals surface area contributed by atoms with Gasteiger partial charge in [-0.2, -0.15) is 18.2 Å². The number of amides is 1. The highest BCUT2D eigenvalue weighted by Gasteiger charge is 2.38. The van der Waals surface area contributed by atoms with Crippen LogP contribution in [0.15, 0.2) is 22.7 Å². The van der Waals surface area contributed by atoms with Crippen molar-refractivity contribution in [1.29, 1.82) is 0 Å². The molecule has 0 aliphatic carbocycles. The normalized spacial score (nSPS) is 11.6. The second kappa shape index (κ2) is 8.30. The van der Waals surface area contributed by atoms with Gasteiger partial charge in [-0.1, -0.05) is 28.9 Å². The summed E-state index contributed by atoms with van der Waals surface area (Å²) in [7, 11) is 1.56. The van der Waals surface area contributed by atoms with E-state index >= 15 is 0 Å². The van der Waals surface area contributed by atoms with Crippen molar-refractivity contribution in [3.8, 4) is 11.4 Å². The molecule has 1 heterocycles. The fraction of sp³-hybridized carbons (Fsp3) is 0.400. The fourth-order valence-corrected chi connectivity index (χ4v) is 2.19. The number of hydrogen-bond donors (Lipinski definition) is 1. The maximum atomic E-state index is 12.5. The van der Waals surface area contributed by atoms with Gasteiger partial charge in [0.15, 0.2) is 0 Å². The summed E-state index contributed by atoms with van der Waals surface area (Å²) in [6.45, 7) is 0.693. The van der Waals surface area contributed by atoms with Crippen LogP contribution in [-0.2, 0) is 22.3 Å². The lowest BCUT2D eigenvalue weighted by Gasteiger charge is -2.08. The monoisotopic (exact) mass is 377 g/mol. The molecule has 6 nitrogen and oxygen atoms in total. The maximum Gasteiger partial charge on any atom is 0.471 e. The quantitative estimate of drug-likeness (QED) is 0.748. The molecule has 2 aromatic rings. The summed E-state index contributed by atoms with van der Waals surface area (Å²) < 4.78 is 46.5. The first-order valence-corrected chi connectivity index (χ1v) is 7.64. The minimum atomic E-state index is -4.71. The van der Waals surface area contributed by atoms with Gasteiger partial charge in [-0.15, -0.1) is 0 Å². The third kappa shape index (κ3) is 5.43. The van der Waals surface area contributed by atoms with Crippen LogP contribution in [-0.4, -0.2) is 29.8 Å². The van der Waals surface area contributed by atoms with Crippen LogP contribution < -0.4 is 5.32 Å². The van der Waals surface area contributed by atoms with Gasteiger partial charge < -0.3 is 14.6 Å². The minimum absolute atomic E-state index is 0.148. The van der Waals surface area contributed by atoms with Crippen LogP contribution in [0.1, 0.15) is 24.3 Å². The summed E-state index contributed by atoms with van der Waals surface area (Å²) >= 11 is 6.11. The highest BCUT2D eigenvalue weighted by Crippen LogP contribution is 2.30. The van der Waals surface area contributed by atoms with E-state index in [1.807, 2.05) is 0 Å². The van der Waals surface area contributed by atoms with Crippen LogP contribution in [0.2, 0.25) is 5.02 Å². The molecule has 25 heavy (non-hydrogen) atoms. The molecule has 1 amide bonds. The third-order valence-corrected chi connectivity index (χ3v) is 3.56. The average molecular weight is 378 g/mol. The summed E-state index contributed by atoms with van der Waals surface area (Å²) in [5.41, 5.74) is 0.893. The molecule has 0 fully saturated rings. The number of aromatic nitrogens is 2. The van der Waals surface area contributed by atoms with Crippen molar-refractivity contribution in [2.45, 2.75) is 25.6 Å². The first-order valence-electron chi connectivity index (χ1n) is 7.26. The molecular weight excluding hydrogens is 363 g/mol. The van der Waals surface area contributed by atoms with Crippen LogP contribution in [0.4, 0.5) is 13.2 Å². The molecule has 1 aromatic carbocycles. The SMILES string of the molecule is COCCCC(=O)NCc1ccc(-c2noc(C(F)(F)F)n2)cc1Cl. The van der Waals surface area contributed by atoms with E-state index in [1.54, 1.807) is 13.2 Å². The molecule has 136 valence electrons. The zero-order chi connectivity index (χ0) is 18.4. The maximum absolute atomic E-state index is 12.5. The number of carbonyl (C=O) groups excluding carboxylic acids is 1. The van der Waals surface area contributed by atoms with Crippen LogP contribution >= 0.6 is 11.6 Å². The van der Waals surface area contributed by atoms with E-state index in [0.29, 0.717) is 25.0 Å². The Morgan fingerprint density at radius 2 is 2.16 bits per heavy atom. The first kappa shape index (κ1) is 19.2. The van der Waals surface area contributed by atoms with Gasteiger partial charge in [0.1, 0.15) is 0 Å². The molecule has 1 aromatic heterocycles. The van der Waals surface area contributed by atoms with Gasteiger partial charge in [0.05, 0.1) is 0 Å². The molecular formula is C15H15ClF3N3O3. The summed E-state index contributed by atoms with van der Waals surface area (Å²) in [6.07, 6.45) is -3.77. The van der Waals surface area contributed by atoms with Gasteiger partial charge in [0.2, 0.25) is 11.7 Å². The second-order valence-electron chi connectivity index (χ2n) is 5.10. The van der Waals surface area contributed by atoms with Crippen LogP contribution in [0, 0.1) is 0 Å². The number of halogens is 4. The molecule has 0 saturated heterocycles. The lowest BCUT2D eigenvalue weighted by molar-refractivity contribution is -0.159. The van der Waals surface area contributed by atoms with Crippen molar-refractivity contribution in [3.63, 3.8) is 0 Å². The number of hydrogen-bond acceptors (Lipinski definition) is 5. The molecule has 0 aliphatic heterocycles. The Labute approximate surface area is 146 Å². The van der Waals surface area contributed by atoms with E-state index in [9.17, 15) is 18.0 Å². The molecule has 0 aliphatic rings. The van der Waals surface area contributed by atoms with Crippen molar-refractivity contribution >= 4 is 17.5 Å². The zero-order valence-corrected chi connectivity index (χ0v) is 13.9. The van der Waals surface area contributed by atoms with Crippen LogP contribution in [0.3, 0.4) is 0 Å². The molecule has 0 unspecified atom stereocenters. The topological polar surface area (TPSA) is 77.2 Å². The molecule has 0 atom stereocenters. The minimum Gasteiger partial charge on any atom is -0.385 e. The molecule has 0 spiro atoms. The smallest absolute Gasteiger partial charge is 0.385 e. The number of alkyl halides is 3. The lowest BCUT2D eigenvalue weighted by atomic mass is 10.1. The number of nitrogens with one attached hydrogen (secondary N) is 1. The Morgan fingerprint density at radius 1 is 1.40 bits per heavy atom. The van der Waals surface area contributed by atoms with Gasteiger partial charge in [0.25, 0.3) is 0 Å². The largest absolute Gasteiger partial charge is 0.471 e. The first-order chi connectivity index (χ1) is 11.8. The third-order valence-electron chi connectivity index (χ3n) is 3.21. The van der Waals surface area contributed by atoms with Crippen LogP contribution in [0.25, 0.3) is 11.4 Å². The standard InChI is InChI=1S/C15H15ClF3N3O3/c1-24-6-2-3-12(23)20-8-10-5-4-9(7-11(10)16)13-21-14(25-22-13)15(17,18)19/h4-5,7H,2-3,6,8H2,1H3,(H,20,23). The Balaban J connectivity index is 2.01. The molecule has 0 bridgehead atoms. The average Bonchev–Trinajstić information content (AvgIpc) is 3.04. The van der Waals surface area contributed by atoms with Crippen molar-refractivity contribution in [1.82, 2.24) is 15.5 Å². The molecule has 10 heteroatoms. The lowest BCUT2D eigenvalue weighted by Crippen LogP contribution is -2.22.